The number of methoxy groups -OCH3 is 1. The molecule has 2 heterocycles. The molecule has 1 unspecified atom stereocenters. The van der Waals surface area contributed by atoms with E-state index >= 15 is 0 Å². The van der Waals surface area contributed by atoms with Gasteiger partial charge in [-0.3, -0.25) is 4.79 Å². The highest BCUT2D eigenvalue weighted by molar-refractivity contribution is 5.91. The molecule has 3 amide bonds. The Morgan fingerprint density at radius 3 is 2.55 bits per heavy atom. The van der Waals surface area contributed by atoms with Crippen molar-refractivity contribution in [3.05, 3.63) is 48.5 Å². The van der Waals surface area contributed by atoms with Crippen molar-refractivity contribution in [2.45, 2.75) is 18.9 Å². The van der Waals surface area contributed by atoms with Crippen LogP contribution < -0.4 is 24.8 Å². The molecule has 0 bridgehead atoms. The minimum absolute atomic E-state index is 0.140. The van der Waals surface area contributed by atoms with Crippen molar-refractivity contribution in [2.24, 2.45) is 5.92 Å². The molecule has 8 nitrogen and oxygen atoms in total. The molecular formula is C23H27N3O5. The number of carbonyl (C=O) groups excluding carboxylic acids is 2. The van der Waals surface area contributed by atoms with E-state index in [1.54, 1.807) is 18.1 Å². The van der Waals surface area contributed by atoms with Crippen molar-refractivity contribution in [3.63, 3.8) is 0 Å². The number of nitrogens with one attached hydrogen (secondary N) is 2. The van der Waals surface area contributed by atoms with E-state index in [2.05, 4.69) is 10.6 Å². The van der Waals surface area contributed by atoms with Crippen LogP contribution >= 0.6 is 0 Å². The maximum absolute atomic E-state index is 12.6. The van der Waals surface area contributed by atoms with Gasteiger partial charge in [0.25, 0.3) is 5.91 Å². The molecule has 8 heteroatoms. The highest BCUT2D eigenvalue weighted by atomic mass is 16.6. The Morgan fingerprint density at radius 1 is 1.06 bits per heavy atom. The number of nitrogens with zero attached hydrogens (tertiary/aromatic N) is 1. The molecule has 0 aliphatic carbocycles. The van der Waals surface area contributed by atoms with E-state index in [9.17, 15) is 9.59 Å². The molecule has 31 heavy (non-hydrogen) atoms. The van der Waals surface area contributed by atoms with E-state index in [-0.39, 0.29) is 18.5 Å². The Morgan fingerprint density at radius 2 is 1.77 bits per heavy atom. The molecule has 4 rings (SSSR count). The molecule has 0 radical (unpaired) electrons. The van der Waals surface area contributed by atoms with Crippen LogP contribution in [0.4, 0.5) is 10.5 Å². The standard InChI is InChI=1S/C23H27N3O5/c1-29-18-7-3-2-6-17(18)25-23(28)26-12-10-16(11-13-26)14-24-22(27)21-15-30-19-8-4-5-9-20(19)31-21/h2-9,16,21H,10-15H2,1H3,(H,24,27)(H,25,28). The van der Waals surface area contributed by atoms with Crippen molar-refractivity contribution in [3.8, 4) is 17.2 Å². The van der Waals surface area contributed by atoms with Crippen LogP contribution in [-0.4, -0.2) is 56.3 Å². The van der Waals surface area contributed by atoms with Gasteiger partial charge in [-0.1, -0.05) is 24.3 Å². The second-order valence-corrected chi connectivity index (χ2v) is 7.67. The van der Waals surface area contributed by atoms with E-state index in [1.807, 2.05) is 42.5 Å². The predicted molar refractivity (Wildman–Crippen MR) is 116 cm³/mol. The summed E-state index contributed by atoms with van der Waals surface area (Å²) >= 11 is 0. The summed E-state index contributed by atoms with van der Waals surface area (Å²) in [6, 6.07) is 14.5. The molecule has 2 aromatic rings. The minimum Gasteiger partial charge on any atom is -0.495 e. The molecule has 1 saturated heterocycles. The summed E-state index contributed by atoms with van der Waals surface area (Å²) in [5.41, 5.74) is 0.653. The van der Waals surface area contributed by atoms with Crippen LogP contribution in [0.5, 0.6) is 17.2 Å². The number of para-hydroxylation sites is 4. The van der Waals surface area contributed by atoms with Gasteiger partial charge in [-0.15, -0.1) is 0 Å². The number of hydrogen-bond donors (Lipinski definition) is 2. The molecule has 2 aliphatic rings. The lowest BCUT2D eigenvalue weighted by molar-refractivity contribution is -0.130. The van der Waals surface area contributed by atoms with Gasteiger partial charge in [0, 0.05) is 19.6 Å². The van der Waals surface area contributed by atoms with Crippen molar-refractivity contribution in [1.29, 1.82) is 0 Å². The quantitative estimate of drug-likeness (QED) is 0.769. The van der Waals surface area contributed by atoms with E-state index in [1.165, 1.54) is 0 Å². The normalized spacial score (nSPS) is 18.2. The van der Waals surface area contributed by atoms with E-state index < -0.39 is 6.10 Å². The Labute approximate surface area is 181 Å². The molecule has 0 saturated carbocycles. The summed E-state index contributed by atoms with van der Waals surface area (Å²) in [6.45, 7) is 2.03. The number of ether oxygens (including phenoxy) is 3. The van der Waals surface area contributed by atoms with Crippen LogP contribution in [0, 0.1) is 5.92 Å². The number of amides is 3. The molecule has 1 atom stereocenters. The maximum atomic E-state index is 12.6. The molecule has 0 spiro atoms. The van der Waals surface area contributed by atoms with Gasteiger partial charge in [-0.2, -0.15) is 0 Å². The average molecular weight is 425 g/mol. The largest absolute Gasteiger partial charge is 0.495 e. The van der Waals surface area contributed by atoms with Crippen molar-refractivity contribution in [2.75, 3.05) is 38.7 Å². The Balaban J connectivity index is 1.21. The lowest BCUT2D eigenvalue weighted by atomic mass is 9.97. The van der Waals surface area contributed by atoms with Crippen LogP contribution in [0.15, 0.2) is 48.5 Å². The summed E-state index contributed by atoms with van der Waals surface area (Å²) < 4.78 is 16.6. The lowest BCUT2D eigenvalue weighted by Crippen LogP contribution is -2.47. The Hall–Kier alpha value is -3.42. The van der Waals surface area contributed by atoms with E-state index in [4.69, 9.17) is 14.2 Å². The summed E-state index contributed by atoms with van der Waals surface area (Å²) in [6.07, 6.45) is 0.997. The number of likely N-dealkylation sites (tertiary alicyclic amines) is 1. The number of hydrogen-bond acceptors (Lipinski definition) is 5. The fourth-order valence-electron chi connectivity index (χ4n) is 3.79. The molecule has 0 aromatic heterocycles. The third-order valence-corrected chi connectivity index (χ3v) is 5.62. The second-order valence-electron chi connectivity index (χ2n) is 7.67. The number of carbonyl (C=O) groups is 2. The monoisotopic (exact) mass is 425 g/mol. The molecule has 2 aromatic carbocycles. The van der Waals surface area contributed by atoms with Crippen LogP contribution in [0.1, 0.15) is 12.8 Å². The first kappa shape index (κ1) is 20.8. The number of urea groups is 1. The van der Waals surface area contributed by atoms with Gasteiger partial charge in [-0.25, -0.2) is 4.79 Å². The maximum Gasteiger partial charge on any atom is 0.321 e. The van der Waals surface area contributed by atoms with E-state index in [0.29, 0.717) is 48.5 Å². The van der Waals surface area contributed by atoms with Gasteiger partial charge in [0.2, 0.25) is 6.10 Å². The van der Waals surface area contributed by atoms with E-state index in [0.717, 1.165) is 12.8 Å². The first-order valence-electron chi connectivity index (χ1n) is 10.5. The van der Waals surface area contributed by atoms with Crippen LogP contribution in [-0.2, 0) is 4.79 Å². The number of anilines is 1. The summed E-state index contributed by atoms with van der Waals surface area (Å²) in [5.74, 6) is 2.01. The van der Waals surface area contributed by atoms with Gasteiger partial charge in [0.1, 0.15) is 12.4 Å². The zero-order valence-corrected chi connectivity index (χ0v) is 17.5. The van der Waals surface area contributed by atoms with Crippen LogP contribution in [0.2, 0.25) is 0 Å². The number of benzene rings is 2. The highest BCUT2D eigenvalue weighted by Crippen LogP contribution is 2.31. The van der Waals surface area contributed by atoms with Crippen molar-refractivity contribution in [1.82, 2.24) is 10.2 Å². The molecule has 2 aliphatic heterocycles. The number of piperidine rings is 1. The molecule has 2 N–H and O–H groups in total. The fourth-order valence-corrected chi connectivity index (χ4v) is 3.79. The van der Waals surface area contributed by atoms with Crippen molar-refractivity contribution < 1.29 is 23.8 Å². The highest BCUT2D eigenvalue weighted by Gasteiger charge is 2.29. The smallest absolute Gasteiger partial charge is 0.321 e. The fraction of sp³-hybridized carbons (Fsp3) is 0.391. The topological polar surface area (TPSA) is 89.1 Å². The zero-order valence-electron chi connectivity index (χ0n) is 17.5. The Bertz CT molecular complexity index is 927. The van der Waals surface area contributed by atoms with Gasteiger partial charge in [-0.05, 0) is 43.0 Å². The number of fused-ring (bicyclic) bond motifs is 1. The van der Waals surface area contributed by atoms with Crippen molar-refractivity contribution >= 4 is 17.6 Å². The number of rotatable bonds is 5. The SMILES string of the molecule is COc1ccccc1NC(=O)N1CCC(CNC(=O)C2COc3ccccc3O2)CC1. The first-order chi connectivity index (χ1) is 15.1. The molecular weight excluding hydrogens is 398 g/mol. The third-order valence-electron chi connectivity index (χ3n) is 5.62. The molecule has 164 valence electrons. The van der Waals surface area contributed by atoms with Gasteiger partial charge in [0.05, 0.1) is 12.8 Å². The average Bonchev–Trinajstić information content (AvgIpc) is 2.82. The summed E-state index contributed by atoms with van der Waals surface area (Å²) in [7, 11) is 1.58. The predicted octanol–water partition coefficient (Wildman–Crippen LogP) is 2.90. The minimum atomic E-state index is -0.651. The van der Waals surface area contributed by atoms with Crippen LogP contribution in [0.25, 0.3) is 0 Å². The van der Waals surface area contributed by atoms with Gasteiger partial charge >= 0.3 is 6.03 Å². The van der Waals surface area contributed by atoms with Gasteiger partial charge < -0.3 is 29.7 Å². The summed E-state index contributed by atoms with van der Waals surface area (Å²) in [4.78, 5) is 26.9. The second kappa shape index (κ2) is 9.59. The lowest BCUT2D eigenvalue weighted by Gasteiger charge is -2.32. The third kappa shape index (κ3) is 5.02. The zero-order chi connectivity index (χ0) is 21.6. The van der Waals surface area contributed by atoms with Gasteiger partial charge in [0.15, 0.2) is 11.5 Å². The first-order valence-corrected chi connectivity index (χ1v) is 10.5. The van der Waals surface area contributed by atoms with Crippen LogP contribution in [0.3, 0.4) is 0 Å². The molecule has 1 fully saturated rings. The summed E-state index contributed by atoms with van der Waals surface area (Å²) in [5, 5.41) is 5.88. The Kier molecular flexibility index (Phi) is 6.45.